The number of amides is 3. The Balaban J connectivity index is 1.57. The van der Waals surface area contributed by atoms with Crippen LogP contribution in [0.1, 0.15) is 38.1 Å². The second-order valence-electron chi connectivity index (χ2n) is 6.60. The maximum atomic E-state index is 11.7. The third-order valence-corrected chi connectivity index (χ3v) is 4.74. The third kappa shape index (κ3) is 7.74. The number of carbonyl (C=O) groups is 3. The Morgan fingerprint density at radius 2 is 1.96 bits per heavy atom. The standard InChI is InChI=1S/C19H25N3O4S/c1-13(2)11-20-19(25)22-16(23)12-26-18(24)10-6-5-9-17-21-14-7-3-4-8-15(14)27-17/h3-4,7-8,13H,5-6,9-12H2,1-2H3,(H2,20,22,23,25). The normalized spacial score (nSPS) is 10.8. The van der Waals surface area contributed by atoms with Crippen LogP contribution in [0.2, 0.25) is 0 Å². The molecule has 2 N–H and O–H groups in total. The number of unbranched alkanes of at least 4 members (excludes halogenated alkanes) is 1. The molecule has 146 valence electrons. The van der Waals surface area contributed by atoms with Gasteiger partial charge in [-0.1, -0.05) is 26.0 Å². The van der Waals surface area contributed by atoms with Crippen LogP contribution in [0.5, 0.6) is 0 Å². The monoisotopic (exact) mass is 391 g/mol. The molecule has 2 rings (SSSR count). The van der Waals surface area contributed by atoms with E-state index in [9.17, 15) is 14.4 Å². The summed E-state index contributed by atoms with van der Waals surface area (Å²) in [4.78, 5) is 39.2. The van der Waals surface area contributed by atoms with E-state index in [2.05, 4.69) is 15.6 Å². The maximum Gasteiger partial charge on any atom is 0.321 e. The molecule has 1 heterocycles. The van der Waals surface area contributed by atoms with Crippen LogP contribution < -0.4 is 10.6 Å². The van der Waals surface area contributed by atoms with Crippen LogP contribution in [-0.4, -0.2) is 36.0 Å². The Morgan fingerprint density at radius 1 is 1.19 bits per heavy atom. The minimum absolute atomic E-state index is 0.234. The van der Waals surface area contributed by atoms with Crippen LogP contribution in [0.3, 0.4) is 0 Å². The number of aromatic nitrogens is 1. The van der Waals surface area contributed by atoms with Gasteiger partial charge in [0.1, 0.15) is 0 Å². The van der Waals surface area contributed by atoms with E-state index in [4.69, 9.17) is 4.74 Å². The van der Waals surface area contributed by atoms with Gasteiger partial charge >= 0.3 is 12.0 Å². The fourth-order valence-electron chi connectivity index (χ4n) is 2.29. The summed E-state index contributed by atoms with van der Waals surface area (Å²) in [6.07, 6.45) is 2.52. The molecule has 27 heavy (non-hydrogen) atoms. The van der Waals surface area contributed by atoms with E-state index in [0.717, 1.165) is 28.1 Å². The number of thiazole rings is 1. The van der Waals surface area contributed by atoms with Crippen LogP contribution >= 0.6 is 11.3 Å². The molecule has 0 saturated carbocycles. The zero-order valence-electron chi connectivity index (χ0n) is 15.6. The van der Waals surface area contributed by atoms with E-state index < -0.39 is 24.5 Å². The minimum atomic E-state index is -0.640. The molecule has 1 aromatic carbocycles. The van der Waals surface area contributed by atoms with E-state index in [1.165, 1.54) is 0 Å². The first kappa shape index (κ1) is 20.8. The van der Waals surface area contributed by atoms with Crippen molar-refractivity contribution in [2.45, 2.75) is 39.5 Å². The summed E-state index contributed by atoms with van der Waals surface area (Å²) in [5.74, 6) is -0.803. The Labute approximate surface area is 162 Å². The summed E-state index contributed by atoms with van der Waals surface area (Å²) in [6.45, 7) is 3.90. The van der Waals surface area contributed by atoms with Crippen molar-refractivity contribution < 1.29 is 19.1 Å². The van der Waals surface area contributed by atoms with Gasteiger partial charge in [-0.05, 0) is 37.3 Å². The van der Waals surface area contributed by atoms with Crippen molar-refractivity contribution >= 4 is 39.5 Å². The van der Waals surface area contributed by atoms with E-state index in [1.54, 1.807) is 11.3 Å². The summed E-state index contributed by atoms with van der Waals surface area (Å²) in [5.41, 5.74) is 1.00. The first-order chi connectivity index (χ1) is 12.9. The van der Waals surface area contributed by atoms with Gasteiger partial charge in [0.2, 0.25) is 0 Å². The molecular weight excluding hydrogens is 366 g/mol. The number of imide groups is 1. The lowest BCUT2D eigenvalue weighted by molar-refractivity contribution is -0.148. The molecule has 0 saturated heterocycles. The minimum Gasteiger partial charge on any atom is -0.456 e. The van der Waals surface area contributed by atoms with Crippen molar-refractivity contribution in [2.75, 3.05) is 13.2 Å². The molecule has 0 aliphatic carbocycles. The van der Waals surface area contributed by atoms with Crippen molar-refractivity contribution in [2.24, 2.45) is 5.92 Å². The molecule has 0 radical (unpaired) electrons. The lowest BCUT2D eigenvalue weighted by Crippen LogP contribution is -2.42. The Hall–Kier alpha value is -2.48. The molecule has 7 nitrogen and oxygen atoms in total. The highest BCUT2D eigenvalue weighted by Crippen LogP contribution is 2.22. The molecule has 0 aliphatic rings. The number of nitrogens with one attached hydrogen (secondary N) is 2. The summed E-state index contributed by atoms with van der Waals surface area (Å²) in [7, 11) is 0. The van der Waals surface area contributed by atoms with Crippen molar-refractivity contribution in [3.8, 4) is 0 Å². The summed E-state index contributed by atoms with van der Waals surface area (Å²) >= 11 is 1.66. The number of urea groups is 1. The quantitative estimate of drug-likeness (QED) is 0.506. The molecule has 8 heteroatoms. The van der Waals surface area contributed by atoms with Gasteiger partial charge in [0, 0.05) is 13.0 Å². The van der Waals surface area contributed by atoms with Crippen LogP contribution in [0, 0.1) is 5.92 Å². The molecule has 0 unspecified atom stereocenters. The Morgan fingerprint density at radius 3 is 2.70 bits per heavy atom. The van der Waals surface area contributed by atoms with Gasteiger partial charge in [0.15, 0.2) is 6.61 Å². The Kier molecular flexibility index (Phi) is 8.19. The van der Waals surface area contributed by atoms with Crippen molar-refractivity contribution in [3.05, 3.63) is 29.3 Å². The topological polar surface area (TPSA) is 97.4 Å². The average molecular weight is 391 g/mol. The molecule has 2 aromatic rings. The van der Waals surface area contributed by atoms with Crippen LogP contribution in [0.25, 0.3) is 10.2 Å². The van der Waals surface area contributed by atoms with Gasteiger partial charge in [-0.15, -0.1) is 11.3 Å². The van der Waals surface area contributed by atoms with Gasteiger partial charge in [0.25, 0.3) is 5.91 Å². The fourth-order valence-corrected chi connectivity index (χ4v) is 3.30. The predicted molar refractivity (Wildman–Crippen MR) is 105 cm³/mol. The van der Waals surface area contributed by atoms with Crippen molar-refractivity contribution in [1.29, 1.82) is 0 Å². The first-order valence-electron chi connectivity index (χ1n) is 9.02. The summed E-state index contributed by atoms with van der Waals surface area (Å²) in [6, 6.07) is 7.40. The van der Waals surface area contributed by atoms with E-state index in [0.29, 0.717) is 13.0 Å². The molecule has 0 aliphatic heterocycles. The number of carbonyl (C=O) groups excluding carboxylic acids is 3. The number of hydrogen-bond donors (Lipinski definition) is 2. The van der Waals surface area contributed by atoms with Gasteiger partial charge in [-0.25, -0.2) is 9.78 Å². The van der Waals surface area contributed by atoms with Gasteiger partial charge < -0.3 is 10.1 Å². The zero-order chi connectivity index (χ0) is 19.6. The second kappa shape index (κ2) is 10.6. The number of hydrogen-bond acceptors (Lipinski definition) is 6. The number of aryl methyl sites for hydroxylation is 1. The van der Waals surface area contributed by atoms with E-state index >= 15 is 0 Å². The average Bonchev–Trinajstić information content (AvgIpc) is 3.04. The zero-order valence-corrected chi connectivity index (χ0v) is 16.4. The molecule has 0 spiro atoms. The van der Waals surface area contributed by atoms with Crippen molar-refractivity contribution in [3.63, 3.8) is 0 Å². The summed E-state index contributed by atoms with van der Waals surface area (Å²) < 4.78 is 6.05. The maximum absolute atomic E-state index is 11.7. The largest absolute Gasteiger partial charge is 0.456 e. The predicted octanol–water partition coefficient (Wildman–Crippen LogP) is 3.03. The van der Waals surface area contributed by atoms with Gasteiger partial charge in [-0.2, -0.15) is 0 Å². The molecular formula is C19H25N3O4S. The van der Waals surface area contributed by atoms with Crippen LogP contribution in [0.15, 0.2) is 24.3 Å². The highest BCUT2D eigenvalue weighted by atomic mass is 32.1. The summed E-state index contributed by atoms with van der Waals surface area (Å²) in [5, 5.41) is 5.72. The molecule has 0 fully saturated rings. The SMILES string of the molecule is CC(C)CNC(=O)NC(=O)COC(=O)CCCCc1nc2ccccc2s1. The number of nitrogens with zero attached hydrogens (tertiary/aromatic N) is 1. The van der Waals surface area contributed by atoms with E-state index in [1.807, 2.05) is 38.1 Å². The highest BCUT2D eigenvalue weighted by Gasteiger charge is 2.11. The molecule has 3 amide bonds. The number of fused-ring (bicyclic) bond motifs is 1. The Bertz CT molecular complexity index is 755. The number of ether oxygens (including phenoxy) is 1. The highest BCUT2D eigenvalue weighted by molar-refractivity contribution is 7.18. The van der Waals surface area contributed by atoms with Crippen LogP contribution in [-0.2, 0) is 20.7 Å². The fraction of sp³-hybridized carbons (Fsp3) is 0.474. The molecule has 0 atom stereocenters. The first-order valence-corrected chi connectivity index (χ1v) is 9.83. The third-order valence-electron chi connectivity index (χ3n) is 3.65. The molecule has 1 aromatic heterocycles. The number of esters is 1. The smallest absolute Gasteiger partial charge is 0.321 e. The number of benzene rings is 1. The van der Waals surface area contributed by atoms with Crippen LogP contribution in [0.4, 0.5) is 4.79 Å². The number of para-hydroxylation sites is 1. The van der Waals surface area contributed by atoms with Gasteiger partial charge in [0.05, 0.1) is 15.2 Å². The molecule has 0 bridgehead atoms. The lowest BCUT2D eigenvalue weighted by Gasteiger charge is -2.08. The lowest BCUT2D eigenvalue weighted by atomic mass is 10.2. The second-order valence-corrected chi connectivity index (χ2v) is 7.71. The van der Waals surface area contributed by atoms with Gasteiger partial charge in [-0.3, -0.25) is 14.9 Å². The number of rotatable bonds is 9. The van der Waals surface area contributed by atoms with Crippen molar-refractivity contribution in [1.82, 2.24) is 15.6 Å². The van der Waals surface area contributed by atoms with E-state index in [-0.39, 0.29) is 12.3 Å².